The summed E-state index contributed by atoms with van der Waals surface area (Å²) in [6, 6.07) is 7.99. The molecule has 5 heteroatoms. The lowest BCUT2D eigenvalue weighted by Gasteiger charge is -2.33. The van der Waals surface area contributed by atoms with Crippen LogP contribution in [0.15, 0.2) is 24.3 Å². The third kappa shape index (κ3) is 2.58. The number of ether oxygens (including phenoxy) is 1. The van der Waals surface area contributed by atoms with Gasteiger partial charge in [0, 0.05) is 29.9 Å². The molecule has 0 spiro atoms. The van der Waals surface area contributed by atoms with Crippen molar-refractivity contribution in [2.45, 2.75) is 19.8 Å². The normalized spacial score (nSPS) is 16.0. The molecule has 1 aliphatic heterocycles. The number of anilines is 1. The molecule has 0 bridgehead atoms. The van der Waals surface area contributed by atoms with Gasteiger partial charge < -0.3 is 14.7 Å². The number of aryl methyl sites for hydroxylation is 1. The van der Waals surface area contributed by atoms with Crippen molar-refractivity contribution >= 4 is 22.6 Å². The van der Waals surface area contributed by atoms with Gasteiger partial charge in [-0.05, 0) is 31.9 Å². The first-order valence-electron chi connectivity index (χ1n) is 7.52. The van der Waals surface area contributed by atoms with Gasteiger partial charge in [-0.2, -0.15) is 0 Å². The molecule has 1 fully saturated rings. The van der Waals surface area contributed by atoms with Gasteiger partial charge in [-0.25, -0.2) is 4.98 Å². The van der Waals surface area contributed by atoms with Crippen molar-refractivity contribution in [1.82, 2.24) is 4.98 Å². The van der Waals surface area contributed by atoms with Gasteiger partial charge in [-0.1, -0.05) is 12.1 Å². The summed E-state index contributed by atoms with van der Waals surface area (Å²) >= 11 is 0. The average Bonchev–Trinajstić information content (AvgIpc) is 2.53. The number of nitrogens with zero attached hydrogens (tertiary/aromatic N) is 2. The van der Waals surface area contributed by atoms with Crippen molar-refractivity contribution in [1.29, 1.82) is 0 Å². The molecule has 5 nitrogen and oxygen atoms in total. The van der Waals surface area contributed by atoms with E-state index in [2.05, 4.69) is 16.0 Å². The zero-order chi connectivity index (χ0) is 15.7. The van der Waals surface area contributed by atoms with Crippen LogP contribution in [-0.4, -0.2) is 36.3 Å². The second-order valence-corrected chi connectivity index (χ2v) is 5.74. The van der Waals surface area contributed by atoms with Crippen LogP contribution in [0.3, 0.4) is 0 Å². The first-order valence-corrected chi connectivity index (χ1v) is 7.52. The number of aliphatic carboxylic acids is 1. The van der Waals surface area contributed by atoms with Gasteiger partial charge in [0.1, 0.15) is 11.3 Å². The summed E-state index contributed by atoms with van der Waals surface area (Å²) in [6.07, 6.45) is 1.37. The average molecular weight is 300 g/mol. The molecule has 0 atom stereocenters. The van der Waals surface area contributed by atoms with Crippen LogP contribution in [0.5, 0.6) is 5.75 Å². The monoisotopic (exact) mass is 300 g/mol. The van der Waals surface area contributed by atoms with E-state index < -0.39 is 5.97 Å². The van der Waals surface area contributed by atoms with Crippen LogP contribution >= 0.6 is 0 Å². The number of piperidine rings is 1. The van der Waals surface area contributed by atoms with Crippen molar-refractivity contribution in [3.05, 3.63) is 30.0 Å². The van der Waals surface area contributed by atoms with E-state index in [1.165, 1.54) is 0 Å². The first-order chi connectivity index (χ1) is 10.6. The molecule has 0 unspecified atom stereocenters. The molecular formula is C17H20N2O3. The Bertz CT molecular complexity index is 706. The number of methoxy groups -OCH3 is 1. The molecule has 3 rings (SSSR count). The van der Waals surface area contributed by atoms with E-state index in [9.17, 15) is 4.79 Å². The van der Waals surface area contributed by atoms with Gasteiger partial charge in [-0.15, -0.1) is 0 Å². The zero-order valence-electron chi connectivity index (χ0n) is 12.9. The maximum atomic E-state index is 11.1. The SMILES string of the molecule is COc1cccc2c(N3CCC(C(=O)O)CC3)cc(C)nc12. The summed E-state index contributed by atoms with van der Waals surface area (Å²) in [4.78, 5) is 18.0. The summed E-state index contributed by atoms with van der Waals surface area (Å²) in [7, 11) is 1.65. The van der Waals surface area contributed by atoms with E-state index >= 15 is 0 Å². The Balaban J connectivity index is 1.99. The van der Waals surface area contributed by atoms with Gasteiger partial charge in [0.25, 0.3) is 0 Å². The number of benzene rings is 1. The molecule has 1 aromatic heterocycles. The minimum atomic E-state index is -0.683. The maximum absolute atomic E-state index is 11.1. The van der Waals surface area contributed by atoms with Crippen molar-refractivity contribution in [3.63, 3.8) is 0 Å². The molecular weight excluding hydrogens is 280 g/mol. The molecule has 0 aliphatic carbocycles. The van der Waals surface area contributed by atoms with Gasteiger partial charge in [-0.3, -0.25) is 4.79 Å². The fraction of sp³-hybridized carbons (Fsp3) is 0.412. The van der Waals surface area contributed by atoms with Gasteiger partial charge in [0.2, 0.25) is 0 Å². The minimum absolute atomic E-state index is 0.222. The standard InChI is InChI=1S/C17H20N2O3/c1-11-10-14(19-8-6-12(7-9-19)17(20)21)13-4-3-5-15(22-2)16(13)18-11/h3-5,10,12H,6-9H2,1-2H3,(H,20,21). The zero-order valence-corrected chi connectivity index (χ0v) is 12.9. The topological polar surface area (TPSA) is 62.7 Å². The number of fused-ring (bicyclic) bond motifs is 1. The highest BCUT2D eigenvalue weighted by molar-refractivity contribution is 5.95. The molecule has 0 amide bonds. The quantitative estimate of drug-likeness (QED) is 0.944. The number of rotatable bonds is 3. The Morgan fingerprint density at radius 2 is 2.09 bits per heavy atom. The lowest BCUT2D eigenvalue weighted by atomic mass is 9.96. The molecule has 1 saturated heterocycles. The molecule has 116 valence electrons. The van der Waals surface area contributed by atoms with Crippen molar-refractivity contribution < 1.29 is 14.6 Å². The van der Waals surface area contributed by atoms with Crippen LogP contribution in [0, 0.1) is 12.8 Å². The predicted octanol–water partition coefficient (Wildman–Crippen LogP) is 2.85. The summed E-state index contributed by atoms with van der Waals surface area (Å²) < 4.78 is 5.41. The summed E-state index contributed by atoms with van der Waals surface area (Å²) in [5.41, 5.74) is 2.91. The highest BCUT2D eigenvalue weighted by atomic mass is 16.5. The molecule has 1 aliphatic rings. The van der Waals surface area contributed by atoms with Crippen molar-refractivity contribution in [3.8, 4) is 5.75 Å². The van der Waals surface area contributed by atoms with E-state index in [0.29, 0.717) is 12.8 Å². The van der Waals surface area contributed by atoms with Crippen LogP contribution in [0.2, 0.25) is 0 Å². The molecule has 1 aromatic carbocycles. The van der Waals surface area contributed by atoms with Crippen LogP contribution in [0.1, 0.15) is 18.5 Å². The molecule has 22 heavy (non-hydrogen) atoms. The van der Waals surface area contributed by atoms with Gasteiger partial charge >= 0.3 is 5.97 Å². The second kappa shape index (κ2) is 5.83. The van der Waals surface area contributed by atoms with Crippen LogP contribution in [0.25, 0.3) is 10.9 Å². The maximum Gasteiger partial charge on any atom is 0.306 e. The number of aromatic nitrogens is 1. The van der Waals surface area contributed by atoms with E-state index in [-0.39, 0.29) is 5.92 Å². The van der Waals surface area contributed by atoms with Crippen molar-refractivity contribution in [2.75, 3.05) is 25.1 Å². The molecule has 1 N–H and O–H groups in total. The predicted molar refractivity (Wildman–Crippen MR) is 85.6 cm³/mol. The molecule has 0 saturated carbocycles. The molecule has 2 aromatic rings. The second-order valence-electron chi connectivity index (χ2n) is 5.74. The largest absolute Gasteiger partial charge is 0.494 e. The van der Waals surface area contributed by atoms with E-state index in [0.717, 1.165) is 41.1 Å². The highest BCUT2D eigenvalue weighted by Crippen LogP contribution is 2.34. The van der Waals surface area contributed by atoms with Crippen LogP contribution in [0.4, 0.5) is 5.69 Å². The number of pyridine rings is 1. The number of carboxylic acids is 1. The number of carboxylic acid groups (broad SMARTS) is 1. The Kier molecular flexibility index (Phi) is 3.88. The van der Waals surface area contributed by atoms with E-state index in [1.807, 2.05) is 25.1 Å². The third-order valence-electron chi connectivity index (χ3n) is 4.31. The number of para-hydroxylation sites is 1. The number of hydrogen-bond acceptors (Lipinski definition) is 4. The lowest BCUT2D eigenvalue weighted by Crippen LogP contribution is -2.36. The smallest absolute Gasteiger partial charge is 0.306 e. The fourth-order valence-corrected chi connectivity index (χ4v) is 3.12. The Hall–Kier alpha value is -2.30. The number of carbonyl (C=O) groups is 1. The summed E-state index contributed by atoms with van der Waals surface area (Å²) in [6.45, 7) is 3.48. The summed E-state index contributed by atoms with van der Waals surface area (Å²) in [5, 5.41) is 10.2. The first kappa shape index (κ1) is 14.6. The molecule has 0 radical (unpaired) electrons. The van der Waals surface area contributed by atoms with Crippen LogP contribution in [-0.2, 0) is 4.79 Å². The van der Waals surface area contributed by atoms with E-state index in [1.54, 1.807) is 7.11 Å². The van der Waals surface area contributed by atoms with E-state index in [4.69, 9.17) is 9.84 Å². The Morgan fingerprint density at radius 1 is 1.36 bits per heavy atom. The fourth-order valence-electron chi connectivity index (χ4n) is 3.12. The van der Waals surface area contributed by atoms with Crippen molar-refractivity contribution in [2.24, 2.45) is 5.92 Å². The van der Waals surface area contributed by atoms with Gasteiger partial charge in [0.15, 0.2) is 0 Å². The lowest BCUT2D eigenvalue weighted by molar-refractivity contribution is -0.142. The third-order valence-corrected chi connectivity index (χ3v) is 4.31. The van der Waals surface area contributed by atoms with Crippen LogP contribution < -0.4 is 9.64 Å². The highest BCUT2D eigenvalue weighted by Gasteiger charge is 2.25. The molecule has 2 heterocycles. The Morgan fingerprint density at radius 3 is 2.73 bits per heavy atom. The summed E-state index contributed by atoms with van der Waals surface area (Å²) in [5.74, 6) is -0.139. The van der Waals surface area contributed by atoms with Gasteiger partial charge in [0.05, 0.1) is 13.0 Å². The minimum Gasteiger partial charge on any atom is -0.494 e. The number of hydrogen-bond donors (Lipinski definition) is 1. The Labute approximate surface area is 129 Å².